The Kier molecular flexibility index (Phi) is 5.36. The molecule has 0 aliphatic heterocycles. The molecule has 0 heterocycles. The highest BCUT2D eigenvalue weighted by Crippen LogP contribution is 2.29. The molecular formula is C16H15Cl2FS. The Labute approximate surface area is 133 Å². The van der Waals surface area contributed by atoms with E-state index >= 15 is 0 Å². The molecule has 0 aliphatic rings. The molecule has 1 unspecified atom stereocenters. The molecule has 0 saturated carbocycles. The Morgan fingerprint density at radius 1 is 1.10 bits per heavy atom. The number of halogens is 3. The van der Waals surface area contributed by atoms with Gasteiger partial charge in [0.1, 0.15) is 5.82 Å². The van der Waals surface area contributed by atoms with Crippen LogP contribution < -0.4 is 0 Å². The first-order valence-corrected chi connectivity index (χ1v) is 8.26. The molecule has 0 amide bonds. The van der Waals surface area contributed by atoms with Crippen LogP contribution in [0.25, 0.3) is 0 Å². The van der Waals surface area contributed by atoms with Crippen LogP contribution in [0.2, 0.25) is 10.0 Å². The first-order valence-electron chi connectivity index (χ1n) is 6.28. The van der Waals surface area contributed by atoms with Crippen molar-refractivity contribution in [3.8, 4) is 0 Å². The fourth-order valence-corrected chi connectivity index (χ4v) is 3.19. The minimum Gasteiger partial charge on any atom is -0.205 e. The van der Waals surface area contributed by atoms with Crippen molar-refractivity contribution in [1.82, 2.24) is 0 Å². The van der Waals surface area contributed by atoms with Crippen LogP contribution in [-0.4, -0.2) is 6.26 Å². The third-order valence-corrected chi connectivity index (χ3v) is 4.78. The van der Waals surface area contributed by atoms with Gasteiger partial charge in [-0.25, -0.2) is 4.39 Å². The lowest BCUT2D eigenvalue weighted by atomic mass is 9.94. The molecule has 20 heavy (non-hydrogen) atoms. The van der Waals surface area contributed by atoms with Gasteiger partial charge in [0.25, 0.3) is 0 Å². The van der Waals surface area contributed by atoms with E-state index in [1.165, 1.54) is 11.6 Å². The Morgan fingerprint density at radius 2 is 1.85 bits per heavy atom. The zero-order valence-electron chi connectivity index (χ0n) is 11.3. The minimum atomic E-state index is -0.376. The highest BCUT2D eigenvalue weighted by atomic mass is 35.5. The molecule has 2 rings (SSSR count). The topological polar surface area (TPSA) is 0 Å². The molecule has 2 aromatic carbocycles. The first kappa shape index (κ1) is 15.7. The predicted octanol–water partition coefficient (Wildman–Crippen LogP) is 6.20. The van der Waals surface area contributed by atoms with Crippen LogP contribution in [0.3, 0.4) is 0 Å². The van der Waals surface area contributed by atoms with Crippen molar-refractivity contribution in [2.75, 3.05) is 6.26 Å². The van der Waals surface area contributed by atoms with E-state index in [0.717, 1.165) is 21.9 Å². The van der Waals surface area contributed by atoms with E-state index in [-0.39, 0.29) is 16.8 Å². The molecule has 0 nitrogen and oxygen atoms in total. The Hall–Kier alpha value is -0.700. The van der Waals surface area contributed by atoms with Gasteiger partial charge in [-0.2, -0.15) is 0 Å². The lowest BCUT2D eigenvalue weighted by Gasteiger charge is -2.13. The number of rotatable bonds is 4. The first-order chi connectivity index (χ1) is 9.51. The van der Waals surface area contributed by atoms with E-state index in [1.54, 1.807) is 23.9 Å². The molecular weight excluding hydrogens is 314 g/mol. The summed E-state index contributed by atoms with van der Waals surface area (Å²) in [6.07, 6.45) is 2.88. The van der Waals surface area contributed by atoms with Crippen molar-refractivity contribution in [1.29, 1.82) is 0 Å². The van der Waals surface area contributed by atoms with Crippen LogP contribution in [0.4, 0.5) is 4.39 Å². The van der Waals surface area contributed by atoms with Gasteiger partial charge in [0.2, 0.25) is 0 Å². The second-order valence-electron chi connectivity index (χ2n) is 4.75. The van der Waals surface area contributed by atoms with Gasteiger partial charge >= 0.3 is 0 Å². The molecule has 0 N–H and O–H groups in total. The summed E-state index contributed by atoms with van der Waals surface area (Å²) in [5.41, 5.74) is 2.25. The summed E-state index contributed by atoms with van der Waals surface area (Å²) in [5.74, 6) is -0.109. The fourth-order valence-electron chi connectivity index (χ4n) is 2.12. The number of hydrogen-bond donors (Lipinski definition) is 0. The normalized spacial score (nSPS) is 12.4. The second-order valence-corrected chi connectivity index (χ2v) is 6.41. The average Bonchev–Trinajstić information content (AvgIpc) is 2.43. The summed E-state index contributed by atoms with van der Waals surface area (Å²) in [6, 6.07) is 11.0. The SMILES string of the molecule is CSc1cc(CC(C)c2ccc(F)c(Cl)c2)ccc1Cl. The molecule has 0 radical (unpaired) electrons. The van der Waals surface area contributed by atoms with Gasteiger partial charge in [0, 0.05) is 4.90 Å². The van der Waals surface area contributed by atoms with Crippen LogP contribution in [0.1, 0.15) is 24.0 Å². The van der Waals surface area contributed by atoms with Gasteiger partial charge in [-0.15, -0.1) is 11.8 Å². The molecule has 0 aromatic heterocycles. The van der Waals surface area contributed by atoms with Gasteiger partial charge in [-0.3, -0.25) is 0 Å². The van der Waals surface area contributed by atoms with Gasteiger partial charge in [0.05, 0.1) is 10.0 Å². The van der Waals surface area contributed by atoms with E-state index in [4.69, 9.17) is 23.2 Å². The highest BCUT2D eigenvalue weighted by Gasteiger charge is 2.10. The largest absolute Gasteiger partial charge is 0.205 e. The van der Waals surface area contributed by atoms with E-state index in [0.29, 0.717) is 0 Å². The quantitative estimate of drug-likeness (QED) is 0.602. The summed E-state index contributed by atoms with van der Waals surface area (Å²) in [4.78, 5) is 1.08. The lowest BCUT2D eigenvalue weighted by Crippen LogP contribution is -1.99. The summed E-state index contributed by atoms with van der Waals surface area (Å²) in [7, 11) is 0. The summed E-state index contributed by atoms with van der Waals surface area (Å²) >= 11 is 13.6. The van der Waals surface area contributed by atoms with Crippen molar-refractivity contribution in [2.45, 2.75) is 24.2 Å². The van der Waals surface area contributed by atoms with Crippen molar-refractivity contribution in [2.24, 2.45) is 0 Å². The second kappa shape index (κ2) is 6.84. The molecule has 106 valence electrons. The maximum Gasteiger partial charge on any atom is 0.141 e. The van der Waals surface area contributed by atoms with Crippen LogP contribution >= 0.6 is 35.0 Å². The molecule has 0 fully saturated rings. The number of thioether (sulfide) groups is 1. The maximum absolute atomic E-state index is 13.2. The maximum atomic E-state index is 13.2. The molecule has 0 bridgehead atoms. The summed E-state index contributed by atoms with van der Waals surface area (Å²) < 4.78 is 13.2. The van der Waals surface area contributed by atoms with Gasteiger partial charge in [-0.05, 0) is 54.0 Å². The number of hydrogen-bond acceptors (Lipinski definition) is 1. The highest BCUT2D eigenvalue weighted by molar-refractivity contribution is 7.98. The van der Waals surface area contributed by atoms with Crippen LogP contribution in [-0.2, 0) is 6.42 Å². The van der Waals surface area contributed by atoms with E-state index in [9.17, 15) is 4.39 Å². The van der Waals surface area contributed by atoms with Crippen LogP contribution in [0, 0.1) is 5.82 Å². The van der Waals surface area contributed by atoms with Gasteiger partial charge < -0.3 is 0 Å². The molecule has 4 heteroatoms. The third-order valence-electron chi connectivity index (χ3n) is 3.27. The Morgan fingerprint density at radius 3 is 2.50 bits per heavy atom. The fraction of sp³-hybridized carbons (Fsp3) is 0.250. The van der Waals surface area contributed by atoms with E-state index < -0.39 is 0 Å². The van der Waals surface area contributed by atoms with E-state index in [2.05, 4.69) is 13.0 Å². The molecule has 0 saturated heterocycles. The molecule has 2 aromatic rings. The standard InChI is InChI=1S/C16H15Cl2FS/c1-10(12-4-6-15(19)14(18)9-12)7-11-3-5-13(17)16(8-11)20-2/h3-6,8-10H,7H2,1-2H3. The summed E-state index contributed by atoms with van der Waals surface area (Å²) in [6.45, 7) is 2.11. The zero-order chi connectivity index (χ0) is 14.7. The smallest absolute Gasteiger partial charge is 0.141 e. The third kappa shape index (κ3) is 3.69. The number of benzene rings is 2. The zero-order valence-corrected chi connectivity index (χ0v) is 13.6. The monoisotopic (exact) mass is 328 g/mol. The lowest BCUT2D eigenvalue weighted by molar-refractivity contribution is 0.625. The molecule has 1 atom stereocenters. The summed E-state index contributed by atoms with van der Waals surface area (Å²) in [5, 5.41) is 0.953. The Bertz CT molecular complexity index is 613. The van der Waals surface area contributed by atoms with E-state index in [1.807, 2.05) is 18.4 Å². The van der Waals surface area contributed by atoms with Crippen molar-refractivity contribution in [3.05, 3.63) is 63.4 Å². The van der Waals surface area contributed by atoms with Crippen molar-refractivity contribution in [3.63, 3.8) is 0 Å². The van der Waals surface area contributed by atoms with Gasteiger partial charge in [0.15, 0.2) is 0 Å². The van der Waals surface area contributed by atoms with Crippen molar-refractivity contribution >= 4 is 35.0 Å². The van der Waals surface area contributed by atoms with Crippen LogP contribution in [0.5, 0.6) is 0 Å². The van der Waals surface area contributed by atoms with Gasteiger partial charge in [-0.1, -0.05) is 42.3 Å². The average molecular weight is 329 g/mol. The predicted molar refractivity (Wildman–Crippen MR) is 86.8 cm³/mol. The Balaban J connectivity index is 2.18. The minimum absolute atomic E-state index is 0.176. The van der Waals surface area contributed by atoms with Crippen LogP contribution in [0.15, 0.2) is 41.3 Å². The molecule has 0 aliphatic carbocycles. The van der Waals surface area contributed by atoms with Crippen molar-refractivity contribution < 1.29 is 4.39 Å². The molecule has 0 spiro atoms.